The first-order valence-electron chi connectivity index (χ1n) is 3.61. The summed E-state index contributed by atoms with van der Waals surface area (Å²) in [5.41, 5.74) is 7.99. The third-order valence-corrected chi connectivity index (χ3v) is 1.03. The molecule has 0 aliphatic carbocycles. The fraction of sp³-hybridized carbons (Fsp3) is 1.00. The summed E-state index contributed by atoms with van der Waals surface area (Å²) in [5, 5.41) is 3.04. The molecule has 4 N–H and O–H groups in total. The molecule has 62 valence electrons. The van der Waals surface area contributed by atoms with Gasteiger partial charge in [-0.15, -0.1) is 0 Å². The number of hydrogen-bond acceptors (Lipinski definition) is 4. The Morgan fingerprint density at radius 3 is 2.80 bits per heavy atom. The predicted molar refractivity (Wildman–Crippen MR) is 41.6 cm³/mol. The minimum absolute atomic E-state index is 0.568. The summed E-state index contributed by atoms with van der Waals surface area (Å²) in [4.78, 5) is 4.93. The minimum atomic E-state index is 0.568. The largest absolute Gasteiger partial charge is 0.328 e. The van der Waals surface area contributed by atoms with Crippen LogP contribution in [-0.4, -0.2) is 33.3 Å². The molecule has 0 fully saturated rings. The van der Waals surface area contributed by atoms with Crippen molar-refractivity contribution in [3.8, 4) is 0 Å². The maximum Gasteiger partial charge on any atom is 0.0804 e. The fourth-order valence-corrected chi connectivity index (χ4v) is 0.541. The van der Waals surface area contributed by atoms with E-state index in [-0.39, 0.29) is 0 Å². The Morgan fingerprint density at radius 2 is 2.20 bits per heavy atom. The molecule has 0 aromatic carbocycles. The van der Waals surface area contributed by atoms with Crippen LogP contribution >= 0.6 is 0 Å². The maximum atomic E-state index is 5.19. The number of hydroxylamine groups is 1. The van der Waals surface area contributed by atoms with E-state index in [4.69, 9.17) is 10.6 Å². The molecule has 0 bridgehead atoms. The predicted octanol–water partition coefficient (Wildman–Crippen LogP) is -0.924. The van der Waals surface area contributed by atoms with Crippen molar-refractivity contribution in [1.82, 2.24) is 10.8 Å². The number of rotatable bonds is 7. The molecule has 0 aliphatic heterocycles. The van der Waals surface area contributed by atoms with Crippen molar-refractivity contribution in [2.75, 3.05) is 33.3 Å². The Bertz CT molecular complexity index is 53.0. The first kappa shape index (κ1) is 9.84. The van der Waals surface area contributed by atoms with Gasteiger partial charge in [-0.3, -0.25) is 0 Å². The zero-order chi connectivity index (χ0) is 7.66. The Balaban J connectivity index is 2.65. The van der Waals surface area contributed by atoms with Crippen molar-refractivity contribution < 1.29 is 4.84 Å². The summed E-state index contributed by atoms with van der Waals surface area (Å²) < 4.78 is 0. The van der Waals surface area contributed by atoms with Gasteiger partial charge in [0.1, 0.15) is 0 Å². The highest BCUT2D eigenvalue weighted by Gasteiger charge is 1.84. The molecular weight excluding hydrogens is 130 g/mol. The lowest BCUT2D eigenvalue weighted by molar-refractivity contribution is 0.0464. The van der Waals surface area contributed by atoms with Gasteiger partial charge in [0.2, 0.25) is 0 Å². The second-order valence-corrected chi connectivity index (χ2v) is 1.99. The van der Waals surface area contributed by atoms with E-state index in [0.29, 0.717) is 13.2 Å². The van der Waals surface area contributed by atoms with Crippen LogP contribution in [0, 0.1) is 0 Å². The highest BCUT2D eigenvalue weighted by molar-refractivity contribution is 4.41. The van der Waals surface area contributed by atoms with Gasteiger partial charge in [0.15, 0.2) is 0 Å². The summed E-state index contributed by atoms with van der Waals surface area (Å²) in [6, 6.07) is 0. The fourth-order valence-electron chi connectivity index (χ4n) is 0.541. The topological polar surface area (TPSA) is 59.3 Å². The van der Waals surface area contributed by atoms with Crippen LogP contribution in [0.1, 0.15) is 6.42 Å². The summed E-state index contributed by atoms with van der Waals surface area (Å²) in [6.45, 7) is 3.04. The monoisotopic (exact) mass is 147 g/mol. The lowest BCUT2D eigenvalue weighted by Crippen LogP contribution is -2.23. The SMILES string of the molecule is CNCCCNOCCN. The molecule has 0 amide bonds. The molecular formula is C6H17N3O. The van der Waals surface area contributed by atoms with E-state index < -0.39 is 0 Å². The second-order valence-electron chi connectivity index (χ2n) is 1.99. The molecule has 4 heteroatoms. The molecule has 4 nitrogen and oxygen atoms in total. The van der Waals surface area contributed by atoms with Gasteiger partial charge < -0.3 is 15.9 Å². The van der Waals surface area contributed by atoms with Gasteiger partial charge in [-0.2, -0.15) is 0 Å². The maximum absolute atomic E-state index is 5.19. The normalized spacial score (nSPS) is 10.2. The summed E-state index contributed by atoms with van der Waals surface area (Å²) in [5.74, 6) is 0. The van der Waals surface area contributed by atoms with Crippen LogP contribution in [0.3, 0.4) is 0 Å². The van der Waals surface area contributed by atoms with E-state index in [2.05, 4.69) is 10.8 Å². The van der Waals surface area contributed by atoms with Crippen LogP contribution in [-0.2, 0) is 4.84 Å². The highest BCUT2D eigenvalue weighted by Crippen LogP contribution is 1.71. The molecule has 0 heterocycles. The van der Waals surface area contributed by atoms with Crippen LogP contribution in [0.5, 0.6) is 0 Å². The van der Waals surface area contributed by atoms with Gasteiger partial charge in [-0.25, -0.2) is 5.48 Å². The van der Waals surface area contributed by atoms with Crippen molar-refractivity contribution in [1.29, 1.82) is 0 Å². The zero-order valence-electron chi connectivity index (χ0n) is 6.52. The van der Waals surface area contributed by atoms with Crippen LogP contribution in [0.15, 0.2) is 0 Å². The molecule has 0 aromatic rings. The first-order chi connectivity index (χ1) is 4.91. The van der Waals surface area contributed by atoms with Crippen LogP contribution in [0.4, 0.5) is 0 Å². The molecule has 0 unspecified atom stereocenters. The van der Waals surface area contributed by atoms with Gasteiger partial charge in [-0.05, 0) is 20.0 Å². The molecule has 0 aliphatic rings. The van der Waals surface area contributed by atoms with E-state index in [9.17, 15) is 0 Å². The first-order valence-corrected chi connectivity index (χ1v) is 3.61. The molecule has 0 atom stereocenters. The average Bonchev–Trinajstić information content (AvgIpc) is 1.97. The summed E-state index contributed by atoms with van der Waals surface area (Å²) in [6.07, 6.45) is 1.07. The quantitative estimate of drug-likeness (QED) is 0.322. The van der Waals surface area contributed by atoms with Crippen LogP contribution in [0.25, 0.3) is 0 Å². The van der Waals surface area contributed by atoms with Crippen molar-refractivity contribution in [3.63, 3.8) is 0 Å². The van der Waals surface area contributed by atoms with Crippen LogP contribution < -0.4 is 16.5 Å². The third-order valence-electron chi connectivity index (χ3n) is 1.03. The van der Waals surface area contributed by atoms with Gasteiger partial charge in [-0.1, -0.05) is 0 Å². The van der Waals surface area contributed by atoms with Crippen molar-refractivity contribution >= 4 is 0 Å². The highest BCUT2D eigenvalue weighted by atomic mass is 16.6. The van der Waals surface area contributed by atoms with Gasteiger partial charge >= 0.3 is 0 Å². The zero-order valence-corrected chi connectivity index (χ0v) is 6.52. The van der Waals surface area contributed by atoms with E-state index >= 15 is 0 Å². The van der Waals surface area contributed by atoms with E-state index in [1.54, 1.807) is 0 Å². The summed E-state index contributed by atoms with van der Waals surface area (Å²) in [7, 11) is 1.93. The third kappa shape index (κ3) is 7.84. The van der Waals surface area contributed by atoms with E-state index in [0.717, 1.165) is 19.5 Å². The number of hydrogen-bond donors (Lipinski definition) is 3. The van der Waals surface area contributed by atoms with E-state index in [1.807, 2.05) is 7.05 Å². The molecule has 0 saturated carbocycles. The summed E-state index contributed by atoms with van der Waals surface area (Å²) >= 11 is 0. The van der Waals surface area contributed by atoms with Crippen molar-refractivity contribution in [2.24, 2.45) is 5.73 Å². The molecule has 0 spiro atoms. The Hall–Kier alpha value is -0.160. The Kier molecular flexibility index (Phi) is 8.70. The Labute approximate surface area is 62.1 Å². The number of nitrogens with two attached hydrogens (primary N) is 1. The second kappa shape index (κ2) is 8.84. The molecule has 0 radical (unpaired) electrons. The van der Waals surface area contributed by atoms with Gasteiger partial charge in [0.25, 0.3) is 0 Å². The molecule has 0 saturated heterocycles. The molecule has 0 rings (SSSR count). The van der Waals surface area contributed by atoms with Gasteiger partial charge in [0, 0.05) is 13.1 Å². The molecule has 0 aromatic heterocycles. The van der Waals surface area contributed by atoms with E-state index in [1.165, 1.54) is 0 Å². The lowest BCUT2D eigenvalue weighted by atomic mass is 10.4. The van der Waals surface area contributed by atoms with Crippen molar-refractivity contribution in [3.05, 3.63) is 0 Å². The van der Waals surface area contributed by atoms with Gasteiger partial charge in [0.05, 0.1) is 6.61 Å². The smallest absolute Gasteiger partial charge is 0.0804 e. The lowest BCUT2D eigenvalue weighted by Gasteiger charge is -2.02. The average molecular weight is 147 g/mol. The van der Waals surface area contributed by atoms with Crippen molar-refractivity contribution in [2.45, 2.75) is 6.42 Å². The standard InChI is InChI=1S/C6H17N3O/c1-8-4-2-5-9-10-6-3-7/h8-9H,2-7H2,1H3. The number of nitrogens with one attached hydrogen (secondary N) is 2. The minimum Gasteiger partial charge on any atom is -0.328 e. The Morgan fingerprint density at radius 1 is 1.40 bits per heavy atom. The van der Waals surface area contributed by atoms with Crippen LogP contribution in [0.2, 0.25) is 0 Å². The molecule has 10 heavy (non-hydrogen) atoms.